The van der Waals surface area contributed by atoms with Crippen molar-refractivity contribution in [3.63, 3.8) is 0 Å². The lowest BCUT2D eigenvalue weighted by molar-refractivity contribution is -0.153. The van der Waals surface area contributed by atoms with Gasteiger partial charge in [0.15, 0.2) is 0 Å². The van der Waals surface area contributed by atoms with E-state index in [0.29, 0.717) is 25.4 Å². The Labute approximate surface area is 302 Å². The van der Waals surface area contributed by atoms with Crippen LogP contribution >= 0.6 is 11.6 Å². The van der Waals surface area contributed by atoms with Crippen LogP contribution in [0.2, 0.25) is 0 Å². The number of hydrogen-bond donors (Lipinski definition) is 0. The predicted octanol–water partition coefficient (Wildman–Crippen LogP) is 11.8. The summed E-state index contributed by atoms with van der Waals surface area (Å²) in [6.07, 6.45) is 27.6. The normalized spacial score (nSPS) is 12.1. The number of esters is 2. The van der Waals surface area contributed by atoms with Gasteiger partial charge in [-0.1, -0.05) is 163 Å². The Morgan fingerprint density at radius 3 is 1.10 bits per heavy atom. The SMILES string of the molecule is CCCCCCCC(CCCCCCC)C(=O)OCCN(CCOC(=O)C(CCCCCCC)CCCCCCC)C(=O)C(C)CCCl. The van der Waals surface area contributed by atoms with Gasteiger partial charge in [0.05, 0.1) is 24.9 Å². The Hall–Kier alpha value is -1.30. The van der Waals surface area contributed by atoms with Gasteiger partial charge >= 0.3 is 11.9 Å². The van der Waals surface area contributed by atoms with Crippen LogP contribution in [0.1, 0.15) is 195 Å². The van der Waals surface area contributed by atoms with E-state index in [1.165, 1.54) is 77.0 Å². The van der Waals surface area contributed by atoms with Gasteiger partial charge in [-0.2, -0.15) is 0 Å². The van der Waals surface area contributed by atoms with E-state index in [1.807, 2.05) is 6.92 Å². The van der Waals surface area contributed by atoms with E-state index < -0.39 is 0 Å². The molecule has 0 aliphatic heterocycles. The number of amides is 1. The summed E-state index contributed by atoms with van der Waals surface area (Å²) >= 11 is 5.98. The van der Waals surface area contributed by atoms with Crippen molar-refractivity contribution in [1.29, 1.82) is 0 Å². The monoisotopic (exact) mass is 700 g/mol. The molecule has 0 radical (unpaired) electrons. The van der Waals surface area contributed by atoms with Crippen LogP contribution in [0.3, 0.4) is 0 Å². The maximum atomic E-state index is 13.3. The van der Waals surface area contributed by atoms with Crippen molar-refractivity contribution in [2.24, 2.45) is 17.8 Å². The third-order valence-corrected chi connectivity index (χ3v) is 10.00. The topological polar surface area (TPSA) is 72.9 Å². The molecule has 0 aliphatic carbocycles. The number of unbranched alkanes of at least 4 members (excludes halogenated alkanes) is 16. The molecule has 7 heteroatoms. The Kier molecular flexibility index (Phi) is 33.2. The van der Waals surface area contributed by atoms with E-state index in [9.17, 15) is 14.4 Å². The first-order chi connectivity index (χ1) is 23.4. The molecular weight excluding hydrogens is 622 g/mol. The molecule has 0 saturated heterocycles. The van der Waals surface area contributed by atoms with Crippen molar-refractivity contribution in [3.8, 4) is 0 Å². The highest BCUT2D eigenvalue weighted by Gasteiger charge is 2.24. The van der Waals surface area contributed by atoms with Crippen molar-refractivity contribution in [1.82, 2.24) is 4.90 Å². The van der Waals surface area contributed by atoms with Crippen LogP contribution < -0.4 is 0 Å². The first-order valence-corrected chi connectivity index (χ1v) is 21.1. The van der Waals surface area contributed by atoms with Gasteiger partial charge in [0.1, 0.15) is 13.2 Å². The van der Waals surface area contributed by atoms with Gasteiger partial charge in [0.25, 0.3) is 0 Å². The van der Waals surface area contributed by atoms with Crippen LogP contribution in [0.25, 0.3) is 0 Å². The second-order valence-corrected chi connectivity index (χ2v) is 14.6. The van der Waals surface area contributed by atoms with E-state index in [2.05, 4.69) is 27.7 Å². The van der Waals surface area contributed by atoms with Crippen molar-refractivity contribution in [2.45, 2.75) is 195 Å². The van der Waals surface area contributed by atoms with Gasteiger partial charge in [-0.3, -0.25) is 14.4 Å². The minimum atomic E-state index is -0.244. The van der Waals surface area contributed by atoms with Gasteiger partial charge in [0, 0.05) is 11.8 Å². The molecule has 1 unspecified atom stereocenters. The molecule has 0 aromatic heterocycles. The zero-order chi connectivity index (χ0) is 35.7. The Bertz CT molecular complexity index is 685. The van der Waals surface area contributed by atoms with Crippen molar-refractivity contribution in [3.05, 3.63) is 0 Å². The zero-order valence-electron chi connectivity index (χ0n) is 32.3. The molecule has 284 valence electrons. The summed E-state index contributed by atoms with van der Waals surface area (Å²) < 4.78 is 11.6. The number of nitrogens with zero attached hydrogens (tertiary/aromatic N) is 1. The van der Waals surface area contributed by atoms with Gasteiger partial charge in [-0.15, -0.1) is 11.6 Å². The summed E-state index contributed by atoms with van der Waals surface area (Å²) in [6, 6.07) is 0. The van der Waals surface area contributed by atoms with E-state index in [-0.39, 0.29) is 48.8 Å². The standard InChI is InChI=1S/C41H78ClNO5/c1-6-10-14-18-22-26-37(27-23-19-15-11-7-2)40(45)47-34-32-43(39(44)36(5)30-31-42)33-35-48-41(46)38(28-24-20-16-12-8-3)29-25-21-17-13-9-4/h36-38H,6-35H2,1-5H3. The Morgan fingerprint density at radius 2 is 0.812 bits per heavy atom. The molecule has 0 saturated carbocycles. The molecule has 6 nitrogen and oxygen atoms in total. The summed E-state index contributed by atoms with van der Waals surface area (Å²) in [6.45, 7) is 11.7. The summed E-state index contributed by atoms with van der Waals surface area (Å²) in [5.74, 6) is -0.282. The van der Waals surface area contributed by atoms with E-state index in [4.69, 9.17) is 21.1 Å². The summed E-state index contributed by atoms with van der Waals surface area (Å²) in [7, 11) is 0. The highest BCUT2D eigenvalue weighted by atomic mass is 35.5. The number of carbonyl (C=O) groups is 3. The molecule has 0 bridgehead atoms. The second-order valence-electron chi connectivity index (χ2n) is 14.2. The highest BCUT2D eigenvalue weighted by Crippen LogP contribution is 2.22. The molecule has 48 heavy (non-hydrogen) atoms. The van der Waals surface area contributed by atoms with E-state index in [1.54, 1.807) is 4.90 Å². The smallest absolute Gasteiger partial charge is 0.308 e. The summed E-state index contributed by atoms with van der Waals surface area (Å²) in [5, 5.41) is 0. The van der Waals surface area contributed by atoms with Gasteiger partial charge in [-0.25, -0.2) is 0 Å². The molecule has 0 N–H and O–H groups in total. The van der Waals surface area contributed by atoms with E-state index >= 15 is 0 Å². The highest BCUT2D eigenvalue weighted by molar-refractivity contribution is 6.18. The van der Waals surface area contributed by atoms with Crippen LogP contribution in [0.15, 0.2) is 0 Å². The minimum absolute atomic E-state index is 0.0328. The van der Waals surface area contributed by atoms with E-state index in [0.717, 1.165) is 77.0 Å². The maximum Gasteiger partial charge on any atom is 0.308 e. The van der Waals surface area contributed by atoms with Crippen LogP contribution in [-0.4, -0.2) is 54.9 Å². The van der Waals surface area contributed by atoms with Gasteiger partial charge in [-0.05, 0) is 32.1 Å². The third-order valence-electron chi connectivity index (χ3n) is 9.78. The van der Waals surface area contributed by atoms with Crippen LogP contribution in [-0.2, 0) is 23.9 Å². The van der Waals surface area contributed by atoms with Crippen LogP contribution in [0.5, 0.6) is 0 Å². The Morgan fingerprint density at radius 1 is 0.500 bits per heavy atom. The predicted molar refractivity (Wildman–Crippen MR) is 203 cm³/mol. The molecule has 0 aliphatic rings. The molecule has 0 spiro atoms. The number of hydrogen-bond acceptors (Lipinski definition) is 5. The fourth-order valence-electron chi connectivity index (χ4n) is 6.42. The fourth-order valence-corrected chi connectivity index (χ4v) is 6.74. The van der Waals surface area contributed by atoms with Crippen LogP contribution in [0.4, 0.5) is 0 Å². The molecule has 0 heterocycles. The lowest BCUT2D eigenvalue weighted by atomic mass is 9.94. The first-order valence-electron chi connectivity index (χ1n) is 20.5. The number of halogens is 1. The molecular formula is C41H78ClNO5. The quantitative estimate of drug-likeness (QED) is 0.0374. The maximum absolute atomic E-state index is 13.3. The average molecular weight is 701 g/mol. The fraction of sp³-hybridized carbons (Fsp3) is 0.927. The van der Waals surface area contributed by atoms with Crippen molar-refractivity contribution >= 4 is 29.4 Å². The zero-order valence-corrected chi connectivity index (χ0v) is 33.1. The van der Waals surface area contributed by atoms with Gasteiger partial charge < -0.3 is 14.4 Å². The minimum Gasteiger partial charge on any atom is -0.464 e. The Balaban J connectivity index is 5.17. The molecule has 0 rings (SSSR count). The van der Waals surface area contributed by atoms with Crippen molar-refractivity contribution in [2.75, 3.05) is 32.2 Å². The molecule has 1 atom stereocenters. The molecule has 0 aromatic carbocycles. The number of rotatable bonds is 35. The second kappa shape index (κ2) is 34.2. The van der Waals surface area contributed by atoms with Crippen LogP contribution in [0, 0.1) is 17.8 Å². The van der Waals surface area contributed by atoms with Gasteiger partial charge in [0.2, 0.25) is 5.91 Å². The largest absolute Gasteiger partial charge is 0.464 e. The lowest BCUT2D eigenvalue weighted by Crippen LogP contribution is -2.41. The molecule has 0 fully saturated rings. The summed E-state index contributed by atoms with van der Waals surface area (Å²) in [4.78, 5) is 41.5. The first kappa shape index (κ1) is 46.7. The third kappa shape index (κ3) is 25.6. The number of carbonyl (C=O) groups excluding carboxylic acids is 3. The number of ether oxygens (including phenoxy) is 2. The molecule has 1 amide bonds. The van der Waals surface area contributed by atoms with Crippen molar-refractivity contribution < 1.29 is 23.9 Å². The molecule has 0 aromatic rings. The average Bonchev–Trinajstić information content (AvgIpc) is 3.08. The summed E-state index contributed by atoms with van der Waals surface area (Å²) in [5.41, 5.74) is 0. The number of alkyl halides is 1. The lowest BCUT2D eigenvalue weighted by Gasteiger charge is -2.26.